The van der Waals surface area contributed by atoms with Crippen molar-refractivity contribution in [2.45, 2.75) is 20.8 Å². The smallest absolute Gasteiger partial charge is 0.269 e. The van der Waals surface area contributed by atoms with Gasteiger partial charge < -0.3 is 10.6 Å². The molecule has 0 aliphatic carbocycles. The average molecular weight is 362 g/mol. The molecule has 0 saturated carbocycles. The Morgan fingerprint density at radius 1 is 1.23 bits per heavy atom. The first-order chi connectivity index (χ1) is 10.5. The van der Waals surface area contributed by atoms with Gasteiger partial charge in [0.15, 0.2) is 0 Å². The maximum absolute atomic E-state index is 12.0. The molecule has 0 bridgehead atoms. The predicted molar refractivity (Wildman–Crippen MR) is 93.6 cm³/mol. The van der Waals surface area contributed by atoms with Crippen LogP contribution in [0.4, 0.5) is 11.4 Å². The van der Waals surface area contributed by atoms with Crippen molar-refractivity contribution >= 4 is 33.2 Å². The molecule has 4 nitrogen and oxygen atoms in total. The van der Waals surface area contributed by atoms with E-state index in [1.165, 1.54) is 5.56 Å². The van der Waals surface area contributed by atoms with E-state index in [0.717, 1.165) is 15.8 Å². The molecule has 2 N–H and O–H groups in total. The highest BCUT2D eigenvalue weighted by atomic mass is 79.9. The van der Waals surface area contributed by atoms with E-state index in [0.29, 0.717) is 18.2 Å². The van der Waals surface area contributed by atoms with Gasteiger partial charge in [-0.15, -0.1) is 0 Å². The number of halogens is 1. The maximum atomic E-state index is 12.0. The molecule has 2 rings (SSSR count). The van der Waals surface area contributed by atoms with Crippen molar-refractivity contribution in [1.82, 2.24) is 10.3 Å². The van der Waals surface area contributed by atoms with Crippen LogP contribution in [0, 0.1) is 12.8 Å². The Bertz CT molecular complexity index is 671. The summed E-state index contributed by atoms with van der Waals surface area (Å²) >= 11 is 3.51. The van der Waals surface area contributed by atoms with Gasteiger partial charge in [-0.1, -0.05) is 35.8 Å². The molecule has 116 valence electrons. The Balaban J connectivity index is 2.10. The van der Waals surface area contributed by atoms with E-state index in [9.17, 15) is 4.79 Å². The summed E-state index contributed by atoms with van der Waals surface area (Å²) in [6.07, 6.45) is 1.63. The summed E-state index contributed by atoms with van der Waals surface area (Å²) in [6.45, 7) is 6.79. The predicted octanol–water partition coefficient (Wildman–Crippen LogP) is 4.28. The fraction of sp³-hybridized carbons (Fsp3) is 0.294. The summed E-state index contributed by atoms with van der Waals surface area (Å²) in [5, 5.41) is 6.15. The van der Waals surface area contributed by atoms with Gasteiger partial charge in [0.2, 0.25) is 0 Å². The number of carbonyl (C=O) groups is 1. The van der Waals surface area contributed by atoms with Crippen molar-refractivity contribution in [3.05, 3.63) is 52.3 Å². The zero-order valence-corrected chi connectivity index (χ0v) is 14.6. The summed E-state index contributed by atoms with van der Waals surface area (Å²) in [4.78, 5) is 16.2. The summed E-state index contributed by atoms with van der Waals surface area (Å²) in [6, 6.07) is 9.63. The fourth-order valence-electron chi connectivity index (χ4n) is 1.86. The quantitative estimate of drug-likeness (QED) is 0.835. The third-order valence-corrected chi connectivity index (χ3v) is 3.98. The monoisotopic (exact) mass is 361 g/mol. The Hall–Kier alpha value is -1.88. The fourth-order valence-corrected chi connectivity index (χ4v) is 2.24. The average Bonchev–Trinajstić information content (AvgIpc) is 2.49. The number of rotatable bonds is 5. The molecule has 2 aromatic rings. The number of hydrogen-bond donors (Lipinski definition) is 2. The van der Waals surface area contributed by atoms with Gasteiger partial charge in [0.05, 0.1) is 0 Å². The lowest BCUT2D eigenvalue weighted by atomic mass is 10.2. The van der Waals surface area contributed by atoms with Gasteiger partial charge >= 0.3 is 0 Å². The Labute approximate surface area is 139 Å². The highest BCUT2D eigenvalue weighted by molar-refractivity contribution is 9.10. The van der Waals surface area contributed by atoms with Gasteiger partial charge in [-0.25, -0.2) is 0 Å². The number of aromatic nitrogens is 1. The molecule has 1 aromatic carbocycles. The number of benzene rings is 1. The molecular weight excluding hydrogens is 342 g/mol. The SMILES string of the molecule is Cc1ccc(Nc2ccnc(C(=O)NCC(C)C)c2)cc1Br. The van der Waals surface area contributed by atoms with Gasteiger partial charge in [0, 0.05) is 28.6 Å². The van der Waals surface area contributed by atoms with Crippen LogP contribution in [0.15, 0.2) is 41.0 Å². The zero-order chi connectivity index (χ0) is 16.1. The van der Waals surface area contributed by atoms with Gasteiger partial charge in [0.1, 0.15) is 5.69 Å². The third kappa shape index (κ3) is 4.56. The summed E-state index contributed by atoms with van der Waals surface area (Å²) < 4.78 is 1.04. The van der Waals surface area contributed by atoms with E-state index in [2.05, 4.69) is 45.4 Å². The number of anilines is 2. The van der Waals surface area contributed by atoms with Crippen LogP contribution in [0.25, 0.3) is 0 Å². The summed E-state index contributed by atoms with van der Waals surface area (Å²) in [7, 11) is 0. The van der Waals surface area contributed by atoms with E-state index in [-0.39, 0.29) is 5.91 Å². The van der Waals surface area contributed by atoms with Gasteiger partial charge in [-0.2, -0.15) is 0 Å². The number of hydrogen-bond acceptors (Lipinski definition) is 3. The van der Waals surface area contributed by atoms with E-state index in [4.69, 9.17) is 0 Å². The van der Waals surface area contributed by atoms with Crippen LogP contribution in [0.1, 0.15) is 29.9 Å². The second kappa shape index (κ2) is 7.40. The summed E-state index contributed by atoms with van der Waals surface area (Å²) in [5.41, 5.74) is 3.38. The summed E-state index contributed by atoms with van der Waals surface area (Å²) in [5.74, 6) is 0.262. The topological polar surface area (TPSA) is 54.0 Å². The number of nitrogens with one attached hydrogen (secondary N) is 2. The molecule has 0 unspecified atom stereocenters. The number of aryl methyl sites for hydroxylation is 1. The molecule has 1 amide bonds. The number of carbonyl (C=O) groups excluding carboxylic acids is 1. The van der Waals surface area contributed by atoms with Crippen LogP contribution < -0.4 is 10.6 Å². The highest BCUT2D eigenvalue weighted by Crippen LogP contribution is 2.23. The molecular formula is C17H20BrN3O. The van der Waals surface area contributed by atoms with E-state index in [1.54, 1.807) is 12.3 Å². The lowest BCUT2D eigenvalue weighted by Gasteiger charge is -2.10. The standard InChI is InChI=1S/C17H20BrN3O/c1-11(2)10-20-17(22)16-9-14(6-7-19-16)21-13-5-4-12(3)15(18)8-13/h4-9,11H,10H2,1-3H3,(H,19,21)(H,20,22). The van der Waals surface area contributed by atoms with Gasteiger partial charge in [0.25, 0.3) is 5.91 Å². The van der Waals surface area contributed by atoms with Crippen LogP contribution in [0.3, 0.4) is 0 Å². The molecule has 1 aromatic heterocycles. The molecule has 22 heavy (non-hydrogen) atoms. The molecule has 0 aliphatic rings. The van der Waals surface area contributed by atoms with Crippen molar-refractivity contribution in [3.63, 3.8) is 0 Å². The third-order valence-electron chi connectivity index (χ3n) is 3.12. The molecule has 5 heteroatoms. The second-order valence-electron chi connectivity index (χ2n) is 5.62. The van der Waals surface area contributed by atoms with Crippen LogP contribution in [-0.4, -0.2) is 17.4 Å². The first kappa shape index (κ1) is 16.5. The molecule has 0 aliphatic heterocycles. The van der Waals surface area contributed by atoms with Crippen LogP contribution in [-0.2, 0) is 0 Å². The lowest BCUT2D eigenvalue weighted by molar-refractivity contribution is 0.0944. The van der Waals surface area contributed by atoms with Crippen molar-refractivity contribution in [2.75, 3.05) is 11.9 Å². The van der Waals surface area contributed by atoms with Crippen molar-refractivity contribution in [3.8, 4) is 0 Å². The van der Waals surface area contributed by atoms with Crippen molar-refractivity contribution in [1.29, 1.82) is 0 Å². The Morgan fingerprint density at radius 2 is 1.95 bits per heavy atom. The Kier molecular flexibility index (Phi) is 5.55. The molecule has 0 saturated heterocycles. The van der Waals surface area contributed by atoms with Crippen molar-refractivity contribution < 1.29 is 4.79 Å². The first-order valence-electron chi connectivity index (χ1n) is 7.23. The molecule has 0 radical (unpaired) electrons. The maximum Gasteiger partial charge on any atom is 0.269 e. The minimum absolute atomic E-state index is 0.151. The van der Waals surface area contributed by atoms with Crippen LogP contribution in [0.2, 0.25) is 0 Å². The van der Waals surface area contributed by atoms with Crippen molar-refractivity contribution in [2.24, 2.45) is 5.92 Å². The lowest BCUT2D eigenvalue weighted by Crippen LogP contribution is -2.28. The van der Waals surface area contributed by atoms with Gasteiger partial charge in [-0.05, 0) is 42.7 Å². The number of pyridine rings is 1. The highest BCUT2D eigenvalue weighted by Gasteiger charge is 2.08. The number of nitrogens with zero attached hydrogens (tertiary/aromatic N) is 1. The molecule has 0 fully saturated rings. The van der Waals surface area contributed by atoms with E-state index in [1.807, 2.05) is 31.2 Å². The normalized spacial score (nSPS) is 10.6. The first-order valence-corrected chi connectivity index (χ1v) is 8.02. The minimum atomic E-state index is -0.151. The zero-order valence-electron chi connectivity index (χ0n) is 13.0. The van der Waals surface area contributed by atoms with E-state index >= 15 is 0 Å². The van der Waals surface area contributed by atoms with E-state index < -0.39 is 0 Å². The Morgan fingerprint density at radius 3 is 2.64 bits per heavy atom. The molecule has 0 atom stereocenters. The minimum Gasteiger partial charge on any atom is -0.355 e. The van der Waals surface area contributed by atoms with Gasteiger partial charge in [-0.3, -0.25) is 9.78 Å². The largest absolute Gasteiger partial charge is 0.355 e. The molecule has 0 spiro atoms. The molecule has 1 heterocycles. The van der Waals surface area contributed by atoms with Crippen LogP contribution >= 0.6 is 15.9 Å². The van der Waals surface area contributed by atoms with Crippen LogP contribution in [0.5, 0.6) is 0 Å². The number of amides is 1. The second-order valence-corrected chi connectivity index (χ2v) is 6.48.